The maximum Gasteiger partial charge on any atom is 0.272 e. The van der Waals surface area contributed by atoms with Crippen LogP contribution in [0.5, 0.6) is 5.75 Å². The van der Waals surface area contributed by atoms with E-state index < -0.39 is 0 Å². The van der Waals surface area contributed by atoms with Crippen LogP contribution in [0.4, 0.5) is 5.69 Å². The first-order chi connectivity index (χ1) is 14.0. The zero-order valence-electron chi connectivity index (χ0n) is 17.1. The van der Waals surface area contributed by atoms with Crippen molar-refractivity contribution in [1.29, 1.82) is 0 Å². The number of ether oxygens (including phenoxy) is 1. The van der Waals surface area contributed by atoms with Crippen LogP contribution in [0, 0.1) is 13.8 Å². The molecule has 2 aromatic carbocycles. The number of carbonyl (C=O) groups is 1. The standard InChI is InChI=1S/C23H24N4O2/c1-15-22(16(2)27(25-15)14-17-8-6-5-7-9-17)24-23(28)21-12-18-10-11-19(29-4)13-20(18)26(21)3/h5-13H,14H2,1-4H3,(H,24,28). The number of carbonyl (C=O) groups excluding carboxylic acids is 1. The number of nitrogens with zero attached hydrogens (tertiary/aromatic N) is 3. The molecule has 0 aliphatic carbocycles. The van der Waals surface area contributed by atoms with E-state index in [4.69, 9.17) is 4.74 Å². The Morgan fingerprint density at radius 2 is 1.86 bits per heavy atom. The van der Waals surface area contributed by atoms with Crippen molar-refractivity contribution in [2.24, 2.45) is 7.05 Å². The van der Waals surface area contributed by atoms with Crippen LogP contribution in [0.2, 0.25) is 0 Å². The molecule has 0 fully saturated rings. The molecule has 4 aromatic rings. The normalized spacial score (nSPS) is 11.0. The Morgan fingerprint density at radius 1 is 1.10 bits per heavy atom. The van der Waals surface area contributed by atoms with Gasteiger partial charge in [0.1, 0.15) is 11.4 Å². The monoisotopic (exact) mass is 388 g/mol. The van der Waals surface area contributed by atoms with Crippen molar-refractivity contribution in [2.75, 3.05) is 12.4 Å². The molecular formula is C23H24N4O2. The highest BCUT2D eigenvalue weighted by Gasteiger charge is 2.18. The summed E-state index contributed by atoms with van der Waals surface area (Å²) < 4.78 is 9.11. The molecule has 0 spiro atoms. The molecule has 0 unspecified atom stereocenters. The van der Waals surface area contributed by atoms with Gasteiger partial charge < -0.3 is 14.6 Å². The third kappa shape index (κ3) is 3.49. The number of benzene rings is 2. The van der Waals surface area contributed by atoms with Gasteiger partial charge in [-0.15, -0.1) is 0 Å². The molecule has 6 nitrogen and oxygen atoms in total. The molecule has 29 heavy (non-hydrogen) atoms. The lowest BCUT2D eigenvalue weighted by molar-refractivity contribution is 0.101. The van der Waals surface area contributed by atoms with E-state index in [0.717, 1.165) is 33.7 Å². The molecule has 148 valence electrons. The lowest BCUT2D eigenvalue weighted by Crippen LogP contribution is -2.16. The topological polar surface area (TPSA) is 61.1 Å². The van der Waals surface area contributed by atoms with Crippen LogP contribution < -0.4 is 10.1 Å². The fourth-order valence-corrected chi connectivity index (χ4v) is 3.62. The number of hydrogen-bond donors (Lipinski definition) is 1. The summed E-state index contributed by atoms with van der Waals surface area (Å²) in [5.74, 6) is 0.604. The number of nitrogens with one attached hydrogen (secondary N) is 1. The van der Waals surface area contributed by atoms with Crippen molar-refractivity contribution in [2.45, 2.75) is 20.4 Å². The Morgan fingerprint density at radius 3 is 2.59 bits per heavy atom. The van der Waals surface area contributed by atoms with Gasteiger partial charge in [0.25, 0.3) is 5.91 Å². The van der Waals surface area contributed by atoms with Gasteiger partial charge in [-0.3, -0.25) is 9.48 Å². The molecular weight excluding hydrogens is 364 g/mol. The van der Waals surface area contributed by atoms with E-state index in [2.05, 4.69) is 22.5 Å². The van der Waals surface area contributed by atoms with Crippen LogP contribution in [-0.4, -0.2) is 27.4 Å². The third-order valence-corrected chi connectivity index (χ3v) is 5.28. The smallest absolute Gasteiger partial charge is 0.272 e. The lowest BCUT2D eigenvalue weighted by Gasteiger charge is -2.08. The molecule has 0 saturated heterocycles. The van der Waals surface area contributed by atoms with Crippen LogP contribution in [0.25, 0.3) is 10.9 Å². The Labute approximate surface area is 169 Å². The molecule has 0 saturated carbocycles. The van der Waals surface area contributed by atoms with Crippen LogP contribution in [0.15, 0.2) is 54.6 Å². The van der Waals surface area contributed by atoms with Gasteiger partial charge in [0.05, 0.1) is 36.2 Å². The van der Waals surface area contributed by atoms with Crippen molar-refractivity contribution in [3.63, 3.8) is 0 Å². The summed E-state index contributed by atoms with van der Waals surface area (Å²) in [7, 11) is 3.52. The number of aromatic nitrogens is 3. The predicted molar refractivity (Wildman–Crippen MR) is 115 cm³/mol. The number of hydrogen-bond acceptors (Lipinski definition) is 3. The average molecular weight is 388 g/mol. The minimum absolute atomic E-state index is 0.159. The van der Waals surface area contributed by atoms with Gasteiger partial charge in [0, 0.05) is 18.5 Å². The first-order valence-electron chi connectivity index (χ1n) is 9.50. The first-order valence-corrected chi connectivity index (χ1v) is 9.50. The molecule has 0 aliphatic heterocycles. The highest BCUT2D eigenvalue weighted by atomic mass is 16.5. The summed E-state index contributed by atoms with van der Waals surface area (Å²) in [5.41, 5.74) is 5.19. The molecule has 0 atom stereocenters. The molecule has 4 rings (SSSR count). The maximum atomic E-state index is 13.0. The van der Waals surface area contributed by atoms with E-state index >= 15 is 0 Å². The molecule has 0 bridgehead atoms. The number of anilines is 1. The van der Waals surface area contributed by atoms with Crippen molar-refractivity contribution >= 4 is 22.5 Å². The number of fused-ring (bicyclic) bond motifs is 1. The van der Waals surface area contributed by atoms with Crippen molar-refractivity contribution in [1.82, 2.24) is 14.3 Å². The van der Waals surface area contributed by atoms with E-state index in [-0.39, 0.29) is 5.91 Å². The van der Waals surface area contributed by atoms with Crippen LogP contribution in [0.3, 0.4) is 0 Å². The number of amides is 1. The minimum Gasteiger partial charge on any atom is -0.497 e. The number of methoxy groups -OCH3 is 1. The largest absolute Gasteiger partial charge is 0.497 e. The Hall–Kier alpha value is -3.54. The van der Waals surface area contributed by atoms with E-state index in [9.17, 15) is 4.79 Å². The molecule has 1 N–H and O–H groups in total. The second-order valence-corrected chi connectivity index (χ2v) is 7.16. The van der Waals surface area contributed by atoms with Gasteiger partial charge in [0.2, 0.25) is 0 Å². The van der Waals surface area contributed by atoms with Crippen LogP contribution in [-0.2, 0) is 13.6 Å². The zero-order chi connectivity index (χ0) is 20.5. The van der Waals surface area contributed by atoms with Crippen molar-refractivity contribution in [3.8, 4) is 5.75 Å². The number of aryl methyl sites for hydroxylation is 2. The molecule has 0 aliphatic rings. The van der Waals surface area contributed by atoms with Crippen LogP contribution >= 0.6 is 0 Å². The quantitative estimate of drug-likeness (QED) is 0.554. The summed E-state index contributed by atoms with van der Waals surface area (Å²) in [6.45, 7) is 4.55. The summed E-state index contributed by atoms with van der Waals surface area (Å²) >= 11 is 0. The Bertz CT molecular complexity index is 1190. The summed E-state index contributed by atoms with van der Waals surface area (Å²) in [6, 6.07) is 17.8. The second kappa shape index (κ2) is 7.47. The van der Waals surface area contributed by atoms with E-state index in [0.29, 0.717) is 12.2 Å². The molecule has 1 amide bonds. The van der Waals surface area contributed by atoms with E-state index in [1.807, 2.05) is 72.6 Å². The van der Waals surface area contributed by atoms with E-state index in [1.165, 1.54) is 5.56 Å². The Balaban J connectivity index is 1.62. The Kier molecular flexibility index (Phi) is 4.84. The lowest BCUT2D eigenvalue weighted by atomic mass is 10.2. The summed E-state index contributed by atoms with van der Waals surface area (Å²) in [6.07, 6.45) is 0. The fraction of sp³-hybridized carbons (Fsp3) is 0.217. The first kappa shape index (κ1) is 18.8. The SMILES string of the molecule is COc1ccc2cc(C(=O)Nc3c(C)nn(Cc4ccccc4)c3C)n(C)c2c1. The molecule has 2 aromatic heterocycles. The molecule has 0 radical (unpaired) electrons. The summed E-state index contributed by atoms with van der Waals surface area (Å²) in [5, 5.41) is 8.67. The second-order valence-electron chi connectivity index (χ2n) is 7.16. The van der Waals surface area contributed by atoms with Gasteiger partial charge >= 0.3 is 0 Å². The minimum atomic E-state index is -0.159. The predicted octanol–water partition coefficient (Wildman–Crippen LogP) is 4.30. The maximum absolute atomic E-state index is 13.0. The van der Waals surface area contributed by atoms with Gasteiger partial charge in [-0.05, 0) is 37.6 Å². The zero-order valence-corrected chi connectivity index (χ0v) is 17.1. The molecule has 6 heteroatoms. The van der Waals surface area contributed by atoms with Crippen molar-refractivity contribution < 1.29 is 9.53 Å². The van der Waals surface area contributed by atoms with Gasteiger partial charge in [-0.1, -0.05) is 30.3 Å². The summed E-state index contributed by atoms with van der Waals surface area (Å²) in [4.78, 5) is 13.0. The number of rotatable bonds is 5. The van der Waals surface area contributed by atoms with Gasteiger partial charge in [-0.2, -0.15) is 5.10 Å². The fourth-order valence-electron chi connectivity index (χ4n) is 3.62. The third-order valence-electron chi connectivity index (χ3n) is 5.28. The van der Waals surface area contributed by atoms with Crippen LogP contribution in [0.1, 0.15) is 27.4 Å². The van der Waals surface area contributed by atoms with Gasteiger partial charge in [-0.25, -0.2) is 0 Å². The molecule has 2 heterocycles. The van der Waals surface area contributed by atoms with Gasteiger partial charge in [0.15, 0.2) is 0 Å². The average Bonchev–Trinajstić information content (AvgIpc) is 3.19. The highest BCUT2D eigenvalue weighted by molar-refractivity contribution is 6.07. The highest BCUT2D eigenvalue weighted by Crippen LogP contribution is 2.26. The van der Waals surface area contributed by atoms with Crippen molar-refractivity contribution in [3.05, 3.63) is 77.2 Å². The van der Waals surface area contributed by atoms with E-state index in [1.54, 1.807) is 7.11 Å².